The number of aromatic nitrogens is 7. The Morgan fingerprint density at radius 1 is 0.805 bits per heavy atom. The standard InChI is InChI=1S/C29H19FN8O2S/c30-20-10-19(13-31-14-20)23-15-32-16-25-27(23)35-29(34-25)28-22-11-17(6-7-24(22)36-37-28)18-8-9-33-26(12-18)38-41(39,40)21-4-2-1-3-5-21/h1-16H,(H,33,38)(H,34,35)(H,36,37). The molecule has 0 spiro atoms. The summed E-state index contributed by atoms with van der Waals surface area (Å²) in [6, 6.07) is 18.7. The predicted molar refractivity (Wildman–Crippen MR) is 153 cm³/mol. The molecule has 3 N–H and O–H groups in total. The van der Waals surface area contributed by atoms with E-state index in [1.54, 1.807) is 55.1 Å². The van der Waals surface area contributed by atoms with Gasteiger partial charge in [0.05, 0.1) is 28.3 Å². The summed E-state index contributed by atoms with van der Waals surface area (Å²) in [5.41, 5.74) is 5.43. The van der Waals surface area contributed by atoms with Crippen molar-refractivity contribution < 1.29 is 12.8 Å². The molecule has 7 rings (SSSR count). The number of H-pyrrole nitrogens is 2. The molecular weight excluding hydrogens is 543 g/mol. The third-order valence-electron chi connectivity index (χ3n) is 6.58. The lowest BCUT2D eigenvalue weighted by Crippen LogP contribution is -2.13. The van der Waals surface area contributed by atoms with E-state index >= 15 is 0 Å². The maximum atomic E-state index is 13.9. The van der Waals surface area contributed by atoms with Crippen molar-refractivity contribution in [1.82, 2.24) is 35.1 Å². The summed E-state index contributed by atoms with van der Waals surface area (Å²) >= 11 is 0. The molecule has 7 aromatic rings. The number of hydrogen-bond donors (Lipinski definition) is 3. The SMILES string of the molecule is O=S(=O)(Nc1cc(-c2ccc3[nH]nc(-c4nc5c(-c6cncc(F)c6)cncc5[nH]4)c3c2)ccn1)c1ccccc1. The predicted octanol–water partition coefficient (Wildman–Crippen LogP) is 5.57. The van der Waals surface area contributed by atoms with Crippen LogP contribution in [0.1, 0.15) is 0 Å². The van der Waals surface area contributed by atoms with Gasteiger partial charge in [-0.2, -0.15) is 5.10 Å². The minimum atomic E-state index is -3.79. The Hall–Kier alpha value is -5.49. The van der Waals surface area contributed by atoms with Gasteiger partial charge in [-0.15, -0.1) is 0 Å². The maximum absolute atomic E-state index is 13.9. The summed E-state index contributed by atoms with van der Waals surface area (Å²) in [6.45, 7) is 0. The zero-order chi connectivity index (χ0) is 28.0. The highest BCUT2D eigenvalue weighted by molar-refractivity contribution is 7.92. The second-order valence-corrected chi connectivity index (χ2v) is 10.9. The Morgan fingerprint density at radius 2 is 1.63 bits per heavy atom. The van der Waals surface area contributed by atoms with Gasteiger partial charge in [-0.25, -0.2) is 22.8 Å². The van der Waals surface area contributed by atoms with E-state index in [-0.39, 0.29) is 10.7 Å². The van der Waals surface area contributed by atoms with Gasteiger partial charge in [0.2, 0.25) is 0 Å². The van der Waals surface area contributed by atoms with Crippen molar-refractivity contribution >= 4 is 37.8 Å². The minimum absolute atomic E-state index is 0.148. The van der Waals surface area contributed by atoms with Crippen LogP contribution in [-0.4, -0.2) is 43.5 Å². The number of imidazole rings is 1. The molecule has 0 amide bonds. The van der Waals surface area contributed by atoms with E-state index in [4.69, 9.17) is 4.98 Å². The first-order valence-electron chi connectivity index (χ1n) is 12.4. The van der Waals surface area contributed by atoms with Gasteiger partial charge in [-0.3, -0.25) is 19.8 Å². The molecule has 0 radical (unpaired) electrons. The fourth-order valence-corrected chi connectivity index (χ4v) is 5.67. The van der Waals surface area contributed by atoms with Gasteiger partial charge >= 0.3 is 0 Å². The normalized spacial score (nSPS) is 11.7. The topological polar surface area (TPSA) is 142 Å². The van der Waals surface area contributed by atoms with Crippen molar-refractivity contribution in [2.45, 2.75) is 4.90 Å². The zero-order valence-corrected chi connectivity index (χ0v) is 21.9. The fraction of sp³-hybridized carbons (Fsp3) is 0. The number of nitrogens with one attached hydrogen (secondary N) is 3. The van der Waals surface area contributed by atoms with Gasteiger partial charge in [0.15, 0.2) is 5.82 Å². The van der Waals surface area contributed by atoms with Gasteiger partial charge in [0, 0.05) is 35.1 Å². The molecule has 0 saturated heterocycles. The van der Waals surface area contributed by atoms with Crippen molar-refractivity contribution in [3.05, 3.63) is 104 Å². The van der Waals surface area contributed by atoms with Crippen molar-refractivity contribution in [3.8, 4) is 33.8 Å². The van der Waals surface area contributed by atoms with E-state index in [2.05, 4.69) is 34.9 Å². The maximum Gasteiger partial charge on any atom is 0.263 e. The molecule has 0 aliphatic rings. The summed E-state index contributed by atoms with van der Waals surface area (Å²) < 4.78 is 42.0. The Balaban J connectivity index is 1.26. The van der Waals surface area contributed by atoms with Gasteiger partial charge in [0.25, 0.3) is 10.0 Å². The molecule has 5 aromatic heterocycles. The first-order chi connectivity index (χ1) is 19.9. The zero-order valence-electron chi connectivity index (χ0n) is 21.1. The van der Waals surface area contributed by atoms with Gasteiger partial charge in [0.1, 0.15) is 22.8 Å². The van der Waals surface area contributed by atoms with Crippen LogP contribution in [0.5, 0.6) is 0 Å². The van der Waals surface area contributed by atoms with Crippen LogP contribution in [-0.2, 0) is 10.0 Å². The lowest BCUT2D eigenvalue weighted by Gasteiger charge is -2.09. The lowest BCUT2D eigenvalue weighted by atomic mass is 10.0. The van der Waals surface area contributed by atoms with Crippen LogP contribution in [0, 0.1) is 5.82 Å². The molecule has 200 valence electrons. The van der Waals surface area contributed by atoms with Crippen molar-refractivity contribution in [1.29, 1.82) is 0 Å². The second-order valence-electron chi connectivity index (χ2n) is 9.24. The first kappa shape index (κ1) is 24.5. The van der Waals surface area contributed by atoms with Gasteiger partial charge < -0.3 is 4.98 Å². The van der Waals surface area contributed by atoms with Gasteiger partial charge in [-0.05, 0) is 53.6 Å². The van der Waals surface area contributed by atoms with E-state index in [0.29, 0.717) is 33.7 Å². The number of sulfonamides is 1. The number of hydrogen-bond acceptors (Lipinski definition) is 7. The number of benzene rings is 2. The number of pyridine rings is 3. The van der Waals surface area contributed by atoms with Crippen LogP contribution in [0.2, 0.25) is 0 Å². The smallest absolute Gasteiger partial charge is 0.263 e. The largest absolute Gasteiger partial charge is 0.335 e. The Labute approximate surface area is 232 Å². The lowest BCUT2D eigenvalue weighted by molar-refractivity contribution is 0.601. The summed E-state index contributed by atoms with van der Waals surface area (Å²) in [6.07, 6.45) is 7.53. The van der Waals surface area contributed by atoms with Crippen LogP contribution >= 0.6 is 0 Å². The summed E-state index contributed by atoms with van der Waals surface area (Å²) in [4.78, 5) is 20.6. The van der Waals surface area contributed by atoms with Crippen molar-refractivity contribution in [2.75, 3.05) is 4.72 Å². The summed E-state index contributed by atoms with van der Waals surface area (Å²) in [5, 5.41) is 8.33. The van der Waals surface area contributed by atoms with E-state index in [1.165, 1.54) is 18.2 Å². The molecular formula is C29H19FN8O2S. The number of aromatic amines is 2. The molecule has 5 heterocycles. The quantitative estimate of drug-likeness (QED) is 0.241. The van der Waals surface area contributed by atoms with E-state index < -0.39 is 15.8 Å². The molecule has 10 nitrogen and oxygen atoms in total. The van der Waals surface area contributed by atoms with Crippen LogP contribution in [0.4, 0.5) is 10.2 Å². The number of rotatable bonds is 6. The average molecular weight is 563 g/mol. The average Bonchev–Trinajstić information content (AvgIpc) is 3.61. The van der Waals surface area contributed by atoms with Crippen LogP contribution in [0.15, 0.2) is 103 Å². The molecule has 0 bridgehead atoms. The number of fused-ring (bicyclic) bond motifs is 2. The molecule has 0 unspecified atom stereocenters. The summed E-state index contributed by atoms with van der Waals surface area (Å²) in [7, 11) is -3.79. The highest BCUT2D eigenvalue weighted by Gasteiger charge is 2.18. The number of anilines is 1. The molecule has 12 heteroatoms. The first-order valence-corrected chi connectivity index (χ1v) is 13.9. The van der Waals surface area contributed by atoms with E-state index in [1.807, 2.05) is 18.2 Å². The Bertz CT molecular complexity index is 2180. The van der Waals surface area contributed by atoms with E-state index in [9.17, 15) is 12.8 Å². The van der Waals surface area contributed by atoms with E-state index in [0.717, 1.165) is 28.2 Å². The molecule has 0 aliphatic heterocycles. The molecule has 41 heavy (non-hydrogen) atoms. The molecule has 0 aliphatic carbocycles. The monoisotopic (exact) mass is 562 g/mol. The third-order valence-corrected chi connectivity index (χ3v) is 7.95. The van der Waals surface area contributed by atoms with Crippen molar-refractivity contribution in [3.63, 3.8) is 0 Å². The molecule has 0 atom stereocenters. The second kappa shape index (κ2) is 9.61. The molecule has 0 fully saturated rings. The Morgan fingerprint density at radius 3 is 2.49 bits per heavy atom. The van der Waals surface area contributed by atoms with Crippen LogP contribution in [0.3, 0.4) is 0 Å². The minimum Gasteiger partial charge on any atom is -0.335 e. The number of nitrogens with zero attached hydrogens (tertiary/aromatic N) is 5. The Kier molecular flexibility index (Phi) is 5.75. The highest BCUT2D eigenvalue weighted by Crippen LogP contribution is 2.33. The van der Waals surface area contributed by atoms with Crippen LogP contribution < -0.4 is 4.72 Å². The highest BCUT2D eigenvalue weighted by atomic mass is 32.2. The fourth-order valence-electron chi connectivity index (χ4n) is 4.65. The molecule has 0 saturated carbocycles. The summed E-state index contributed by atoms with van der Waals surface area (Å²) in [5.74, 6) is 0.254. The number of halogens is 1. The van der Waals surface area contributed by atoms with Crippen LogP contribution in [0.25, 0.3) is 55.7 Å². The van der Waals surface area contributed by atoms with Gasteiger partial charge in [-0.1, -0.05) is 24.3 Å². The third kappa shape index (κ3) is 4.55. The van der Waals surface area contributed by atoms with Crippen molar-refractivity contribution in [2.24, 2.45) is 0 Å². The molecule has 2 aromatic carbocycles.